The van der Waals surface area contributed by atoms with E-state index in [0.29, 0.717) is 17.0 Å². The highest BCUT2D eigenvalue weighted by Gasteiger charge is 2.22. The Morgan fingerprint density at radius 3 is 2.80 bits per heavy atom. The summed E-state index contributed by atoms with van der Waals surface area (Å²) in [6, 6.07) is 0.488. The van der Waals surface area contributed by atoms with Gasteiger partial charge in [-0.3, -0.25) is 0 Å². The lowest BCUT2D eigenvalue weighted by Gasteiger charge is -2.29. The number of nitrogens with one attached hydrogen (secondary N) is 1. The van der Waals surface area contributed by atoms with Crippen molar-refractivity contribution in [3.63, 3.8) is 0 Å². The number of hydrogen-bond donors (Lipinski definition) is 1. The Balaban J connectivity index is 1.84. The Hall–Kier alpha value is -1.36. The van der Waals surface area contributed by atoms with Crippen molar-refractivity contribution in [2.45, 2.75) is 52.0 Å². The van der Waals surface area contributed by atoms with E-state index in [2.05, 4.69) is 27.3 Å². The molecule has 6 heteroatoms. The fraction of sp³-hybridized carbons (Fsp3) is 0.643. The van der Waals surface area contributed by atoms with Crippen molar-refractivity contribution in [1.29, 1.82) is 0 Å². The molecule has 2 aromatic heterocycles. The lowest BCUT2D eigenvalue weighted by Crippen LogP contribution is -2.27. The minimum Gasteiger partial charge on any atom is -0.367 e. The highest BCUT2D eigenvalue weighted by Crippen LogP contribution is 2.30. The summed E-state index contributed by atoms with van der Waals surface area (Å²) in [5.74, 6) is 2.37. The van der Waals surface area contributed by atoms with Gasteiger partial charge in [-0.15, -0.1) is 0 Å². The first-order valence-corrected chi connectivity index (χ1v) is 7.69. The number of fused-ring (bicyclic) bond motifs is 1. The minimum absolute atomic E-state index is 0.488. The molecule has 0 radical (unpaired) electrons. The second-order valence-corrected chi connectivity index (χ2v) is 5.98. The number of halogens is 1. The molecular formula is C14H20ClN5. The van der Waals surface area contributed by atoms with Gasteiger partial charge in [0.25, 0.3) is 5.78 Å². The van der Waals surface area contributed by atoms with Gasteiger partial charge < -0.3 is 5.32 Å². The van der Waals surface area contributed by atoms with Crippen LogP contribution in [0.3, 0.4) is 0 Å². The molecule has 0 atom stereocenters. The van der Waals surface area contributed by atoms with Gasteiger partial charge in [0.15, 0.2) is 0 Å². The molecule has 1 N–H and O–H groups in total. The molecule has 1 fully saturated rings. The first-order valence-electron chi connectivity index (χ1n) is 7.31. The molecule has 3 rings (SSSR count). The lowest BCUT2D eigenvalue weighted by atomic mass is 9.84. The normalized spacial score (nSPS) is 23.1. The molecule has 0 unspecified atom stereocenters. The van der Waals surface area contributed by atoms with Gasteiger partial charge in [-0.05, 0) is 38.5 Å². The first kappa shape index (κ1) is 13.6. The molecule has 20 heavy (non-hydrogen) atoms. The van der Waals surface area contributed by atoms with Crippen LogP contribution < -0.4 is 5.32 Å². The number of rotatable bonds is 3. The van der Waals surface area contributed by atoms with Gasteiger partial charge in [0.1, 0.15) is 17.3 Å². The van der Waals surface area contributed by atoms with E-state index in [4.69, 9.17) is 11.6 Å². The molecule has 0 aromatic carbocycles. The van der Waals surface area contributed by atoms with Crippen LogP contribution in [0.1, 0.15) is 44.6 Å². The standard InChI is InChI=1S/C14H20ClN5/c1-3-10-4-6-11(7-5-10)18-13-9(2)12(15)19-14-16-8-17-20(13)14/h8,10-11,18H,3-7H2,1-2H3. The fourth-order valence-electron chi connectivity index (χ4n) is 2.98. The van der Waals surface area contributed by atoms with Crippen molar-refractivity contribution < 1.29 is 0 Å². The van der Waals surface area contributed by atoms with Gasteiger partial charge in [-0.1, -0.05) is 24.9 Å². The quantitative estimate of drug-likeness (QED) is 0.881. The van der Waals surface area contributed by atoms with Crippen molar-refractivity contribution in [3.8, 4) is 0 Å². The molecule has 0 spiro atoms. The SMILES string of the molecule is CCC1CCC(Nc2c(C)c(Cl)nc3ncnn23)CC1. The van der Waals surface area contributed by atoms with Crippen LogP contribution in [0.4, 0.5) is 5.82 Å². The van der Waals surface area contributed by atoms with Crippen molar-refractivity contribution in [2.75, 3.05) is 5.32 Å². The maximum absolute atomic E-state index is 6.18. The van der Waals surface area contributed by atoms with Crippen LogP contribution in [-0.2, 0) is 0 Å². The zero-order chi connectivity index (χ0) is 14.1. The molecule has 1 aliphatic rings. The molecule has 2 heterocycles. The number of anilines is 1. The number of hydrogen-bond acceptors (Lipinski definition) is 4. The Kier molecular flexibility index (Phi) is 3.78. The van der Waals surface area contributed by atoms with E-state index < -0.39 is 0 Å². The van der Waals surface area contributed by atoms with Crippen LogP contribution in [0.15, 0.2) is 6.33 Å². The maximum Gasteiger partial charge on any atom is 0.255 e. The molecule has 1 saturated carbocycles. The fourth-order valence-corrected chi connectivity index (χ4v) is 3.14. The van der Waals surface area contributed by atoms with E-state index in [0.717, 1.165) is 17.3 Å². The van der Waals surface area contributed by atoms with Gasteiger partial charge in [0.05, 0.1) is 0 Å². The van der Waals surface area contributed by atoms with Crippen LogP contribution in [0.5, 0.6) is 0 Å². The lowest BCUT2D eigenvalue weighted by molar-refractivity contribution is 0.329. The van der Waals surface area contributed by atoms with E-state index in [1.54, 1.807) is 4.52 Å². The number of nitrogens with zero attached hydrogens (tertiary/aromatic N) is 4. The van der Waals surface area contributed by atoms with E-state index >= 15 is 0 Å². The maximum atomic E-state index is 6.18. The second kappa shape index (κ2) is 5.56. The molecule has 0 bridgehead atoms. The Morgan fingerprint density at radius 1 is 1.35 bits per heavy atom. The summed E-state index contributed by atoms with van der Waals surface area (Å²) in [7, 11) is 0. The Labute approximate surface area is 123 Å². The van der Waals surface area contributed by atoms with Gasteiger partial charge in [0, 0.05) is 11.6 Å². The summed E-state index contributed by atoms with van der Waals surface area (Å²) in [6.07, 6.45) is 7.80. The summed E-state index contributed by atoms with van der Waals surface area (Å²) in [5, 5.41) is 8.33. The van der Waals surface area contributed by atoms with E-state index in [1.165, 1.54) is 38.4 Å². The average Bonchev–Trinajstić information content (AvgIpc) is 2.92. The third-order valence-electron chi connectivity index (χ3n) is 4.37. The zero-order valence-electron chi connectivity index (χ0n) is 11.9. The van der Waals surface area contributed by atoms with E-state index in [1.807, 2.05) is 6.92 Å². The summed E-state index contributed by atoms with van der Waals surface area (Å²) < 4.78 is 1.74. The van der Waals surface area contributed by atoms with Crippen molar-refractivity contribution >= 4 is 23.2 Å². The summed E-state index contributed by atoms with van der Waals surface area (Å²) in [4.78, 5) is 8.35. The highest BCUT2D eigenvalue weighted by atomic mass is 35.5. The molecule has 1 aliphatic carbocycles. The van der Waals surface area contributed by atoms with Crippen LogP contribution in [0.2, 0.25) is 5.15 Å². The van der Waals surface area contributed by atoms with Gasteiger partial charge in [0.2, 0.25) is 0 Å². The van der Waals surface area contributed by atoms with Crippen molar-refractivity contribution in [2.24, 2.45) is 5.92 Å². The minimum atomic E-state index is 0.488. The second-order valence-electron chi connectivity index (χ2n) is 5.62. The van der Waals surface area contributed by atoms with Crippen molar-refractivity contribution in [3.05, 3.63) is 17.0 Å². The predicted molar refractivity (Wildman–Crippen MR) is 80.2 cm³/mol. The largest absolute Gasteiger partial charge is 0.367 e. The summed E-state index contributed by atoms with van der Waals surface area (Å²) in [6.45, 7) is 4.25. The molecule has 0 aliphatic heterocycles. The molecule has 0 amide bonds. The van der Waals surface area contributed by atoms with Crippen LogP contribution >= 0.6 is 11.6 Å². The molecule has 2 aromatic rings. The Bertz CT molecular complexity index is 601. The zero-order valence-corrected chi connectivity index (χ0v) is 12.7. The van der Waals surface area contributed by atoms with Crippen LogP contribution in [0, 0.1) is 12.8 Å². The van der Waals surface area contributed by atoms with Crippen molar-refractivity contribution in [1.82, 2.24) is 19.6 Å². The molecule has 0 saturated heterocycles. The smallest absolute Gasteiger partial charge is 0.255 e. The van der Waals surface area contributed by atoms with E-state index in [9.17, 15) is 0 Å². The molecular weight excluding hydrogens is 274 g/mol. The first-order chi connectivity index (χ1) is 9.69. The molecule has 5 nitrogen and oxygen atoms in total. The third-order valence-corrected chi connectivity index (χ3v) is 4.74. The summed E-state index contributed by atoms with van der Waals surface area (Å²) in [5.41, 5.74) is 0.933. The average molecular weight is 294 g/mol. The van der Waals surface area contributed by atoms with E-state index in [-0.39, 0.29) is 0 Å². The third kappa shape index (κ3) is 2.46. The highest BCUT2D eigenvalue weighted by molar-refractivity contribution is 6.30. The monoisotopic (exact) mass is 293 g/mol. The topological polar surface area (TPSA) is 55.1 Å². The van der Waals surface area contributed by atoms with Gasteiger partial charge in [-0.25, -0.2) is 0 Å². The van der Waals surface area contributed by atoms with Crippen LogP contribution in [-0.4, -0.2) is 25.6 Å². The predicted octanol–water partition coefficient (Wildman–Crippen LogP) is 3.47. The van der Waals surface area contributed by atoms with Gasteiger partial charge in [-0.2, -0.15) is 19.6 Å². The Morgan fingerprint density at radius 2 is 2.10 bits per heavy atom. The summed E-state index contributed by atoms with van der Waals surface area (Å²) >= 11 is 6.18. The number of aromatic nitrogens is 4. The van der Waals surface area contributed by atoms with Gasteiger partial charge >= 0.3 is 0 Å². The van der Waals surface area contributed by atoms with Crippen LogP contribution in [0.25, 0.3) is 5.78 Å². The molecule has 108 valence electrons.